The van der Waals surface area contributed by atoms with E-state index in [1.165, 1.54) is 23.3 Å². The lowest BCUT2D eigenvalue weighted by Gasteiger charge is -2.23. The number of aryl methyl sites for hydroxylation is 1. The van der Waals surface area contributed by atoms with Crippen molar-refractivity contribution in [3.63, 3.8) is 0 Å². The van der Waals surface area contributed by atoms with E-state index in [0.29, 0.717) is 31.8 Å². The first-order chi connectivity index (χ1) is 13.5. The fourth-order valence-corrected chi connectivity index (χ4v) is 3.38. The minimum Gasteiger partial charge on any atom is -0.383 e. The molecule has 0 fully saturated rings. The maximum absolute atomic E-state index is 13.6. The Morgan fingerprint density at radius 1 is 0.929 bits per heavy atom. The van der Waals surface area contributed by atoms with Crippen LogP contribution in [0.5, 0.6) is 0 Å². The highest BCUT2D eigenvalue weighted by atomic mass is 19.1. The first-order valence-corrected chi connectivity index (χ1v) is 9.39. The summed E-state index contributed by atoms with van der Waals surface area (Å²) in [5.41, 5.74) is 4.24. The van der Waals surface area contributed by atoms with Gasteiger partial charge in [0.05, 0.1) is 6.61 Å². The number of benzene rings is 2. The molecular formula is C23H26F2N2O. The predicted octanol–water partition coefficient (Wildman–Crippen LogP) is 4.77. The van der Waals surface area contributed by atoms with Gasteiger partial charge in [-0.2, -0.15) is 0 Å². The minimum absolute atomic E-state index is 0.452. The number of hydrogen-bond acceptors (Lipinski definition) is 2. The summed E-state index contributed by atoms with van der Waals surface area (Å²) >= 11 is 0. The monoisotopic (exact) mass is 384 g/mol. The first kappa shape index (κ1) is 20.2. The molecule has 28 heavy (non-hydrogen) atoms. The van der Waals surface area contributed by atoms with E-state index in [1.807, 2.05) is 6.07 Å². The molecule has 3 rings (SSSR count). The van der Waals surface area contributed by atoms with Crippen LogP contribution in [0, 0.1) is 18.6 Å². The number of rotatable bonds is 9. The molecule has 0 unspecified atom stereocenters. The quantitative estimate of drug-likeness (QED) is 0.529. The summed E-state index contributed by atoms with van der Waals surface area (Å²) < 4.78 is 34.5. The summed E-state index contributed by atoms with van der Waals surface area (Å²) in [6, 6.07) is 16.2. The molecule has 1 aromatic heterocycles. The SMILES string of the molecule is COCCN(Cc1cc(F)cc(F)c1)Cc1cccn1Cc1cccc(C)c1. The molecule has 3 aromatic rings. The summed E-state index contributed by atoms with van der Waals surface area (Å²) in [5, 5.41) is 0. The van der Waals surface area contributed by atoms with Gasteiger partial charge in [0, 0.05) is 51.2 Å². The van der Waals surface area contributed by atoms with E-state index >= 15 is 0 Å². The van der Waals surface area contributed by atoms with Crippen LogP contribution in [0.15, 0.2) is 60.8 Å². The Hall–Kier alpha value is -2.50. The van der Waals surface area contributed by atoms with E-state index in [2.05, 4.69) is 52.9 Å². The lowest BCUT2D eigenvalue weighted by Crippen LogP contribution is -2.28. The van der Waals surface area contributed by atoms with Crippen molar-refractivity contribution in [2.45, 2.75) is 26.6 Å². The van der Waals surface area contributed by atoms with Crippen molar-refractivity contribution in [2.75, 3.05) is 20.3 Å². The molecule has 0 atom stereocenters. The van der Waals surface area contributed by atoms with Gasteiger partial charge in [0.25, 0.3) is 0 Å². The Morgan fingerprint density at radius 3 is 2.43 bits per heavy atom. The highest BCUT2D eigenvalue weighted by molar-refractivity contribution is 5.23. The van der Waals surface area contributed by atoms with E-state index in [1.54, 1.807) is 7.11 Å². The van der Waals surface area contributed by atoms with Crippen molar-refractivity contribution < 1.29 is 13.5 Å². The van der Waals surface area contributed by atoms with Gasteiger partial charge in [-0.05, 0) is 42.3 Å². The van der Waals surface area contributed by atoms with Gasteiger partial charge in [0.1, 0.15) is 11.6 Å². The molecule has 0 aliphatic carbocycles. The van der Waals surface area contributed by atoms with Crippen LogP contribution >= 0.6 is 0 Å². The molecule has 3 nitrogen and oxygen atoms in total. The van der Waals surface area contributed by atoms with E-state index in [9.17, 15) is 8.78 Å². The van der Waals surface area contributed by atoms with Crippen molar-refractivity contribution in [1.29, 1.82) is 0 Å². The Labute approximate surface area is 165 Å². The topological polar surface area (TPSA) is 17.4 Å². The van der Waals surface area contributed by atoms with E-state index in [-0.39, 0.29) is 0 Å². The summed E-state index contributed by atoms with van der Waals surface area (Å²) in [6.45, 7) is 5.22. The predicted molar refractivity (Wildman–Crippen MR) is 107 cm³/mol. The zero-order valence-electron chi connectivity index (χ0n) is 16.4. The van der Waals surface area contributed by atoms with Gasteiger partial charge in [-0.15, -0.1) is 0 Å². The second-order valence-corrected chi connectivity index (χ2v) is 7.10. The molecule has 0 amide bonds. The molecule has 0 saturated heterocycles. The Morgan fingerprint density at radius 2 is 1.71 bits per heavy atom. The van der Waals surface area contributed by atoms with Gasteiger partial charge in [0.2, 0.25) is 0 Å². The Balaban J connectivity index is 1.75. The van der Waals surface area contributed by atoms with E-state index in [4.69, 9.17) is 4.74 Å². The summed E-state index contributed by atoms with van der Waals surface area (Å²) in [4.78, 5) is 2.14. The average Bonchev–Trinajstić information content (AvgIpc) is 3.05. The van der Waals surface area contributed by atoms with E-state index in [0.717, 1.165) is 18.3 Å². The standard InChI is InChI=1S/C23H26F2N2O/c1-18-5-3-6-19(11-18)16-27-8-4-7-23(27)17-26(9-10-28-2)15-20-12-21(24)14-22(25)13-20/h3-8,11-14H,9-10,15-17H2,1-2H3. The molecule has 0 aliphatic rings. The fourth-order valence-electron chi connectivity index (χ4n) is 3.38. The number of ether oxygens (including phenoxy) is 1. The molecule has 0 saturated carbocycles. The molecule has 0 aliphatic heterocycles. The zero-order valence-corrected chi connectivity index (χ0v) is 16.4. The third kappa shape index (κ3) is 5.75. The normalized spacial score (nSPS) is 11.3. The number of hydrogen-bond donors (Lipinski definition) is 0. The zero-order chi connectivity index (χ0) is 19.9. The smallest absolute Gasteiger partial charge is 0.126 e. The molecule has 5 heteroatoms. The second kappa shape index (κ2) is 9.62. The fraction of sp³-hybridized carbons (Fsp3) is 0.304. The number of aromatic nitrogens is 1. The van der Waals surface area contributed by atoms with Gasteiger partial charge in [-0.1, -0.05) is 29.8 Å². The minimum atomic E-state index is -0.551. The summed E-state index contributed by atoms with van der Waals surface area (Å²) in [7, 11) is 1.65. The highest BCUT2D eigenvalue weighted by Crippen LogP contribution is 2.15. The van der Waals surface area contributed by atoms with Crippen LogP contribution in [-0.4, -0.2) is 29.7 Å². The van der Waals surface area contributed by atoms with Crippen LogP contribution in [-0.2, 0) is 24.4 Å². The van der Waals surface area contributed by atoms with Gasteiger partial charge in [-0.25, -0.2) is 8.78 Å². The molecule has 0 bridgehead atoms. The third-order valence-electron chi connectivity index (χ3n) is 4.68. The van der Waals surface area contributed by atoms with Crippen LogP contribution in [0.1, 0.15) is 22.4 Å². The maximum atomic E-state index is 13.6. The van der Waals surface area contributed by atoms with Gasteiger partial charge < -0.3 is 9.30 Å². The van der Waals surface area contributed by atoms with Crippen molar-refractivity contribution in [2.24, 2.45) is 0 Å². The van der Waals surface area contributed by atoms with Crippen LogP contribution in [0.25, 0.3) is 0 Å². The number of methoxy groups -OCH3 is 1. The van der Waals surface area contributed by atoms with Crippen LogP contribution in [0.4, 0.5) is 8.78 Å². The van der Waals surface area contributed by atoms with Crippen LogP contribution in [0.2, 0.25) is 0 Å². The van der Waals surface area contributed by atoms with Crippen molar-refractivity contribution in [3.05, 3.63) is 94.8 Å². The summed E-state index contributed by atoms with van der Waals surface area (Å²) in [5.74, 6) is -1.10. The number of nitrogens with zero attached hydrogens (tertiary/aromatic N) is 2. The largest absolute Gasteiger partial charge is 0.383 e. The molecule has 0 radical (unpaired) electrons. The lowest BCUT2D eigenvalue weighted by molar-refractivity contribution is 0.138. The average molecular weight is 384 g/mol. The second-order valence-electron chi connectivity index (χ2n) is 7.10. The van der Waals surface area contributed by atoms with Gasteiger partial charge >= 0.3 is 0 Å². The summed E-state index contributed by atoms with van der Waals surface area (Å²) in [6.07, 6.45) is 2.06. The maximum Gasteiger partial charge on any atom is 0.126 e. The van der Waals surface area contributed by atoms with Crippen LogP contribution in [0.3, 0.4) is 0 Å². The molecular weight excluding hydrogens is 358 g/mol. The molecule has 0 N–H and O–H groups in total. The Kier molecular flexibility index (Phi) is 6.95. The molecule has 148 valence electrons. The van der Waals surface area contributed by atoms with Gasteiger partial charge in [-0.3, -0.25) is 4.90 Å². The first-order valence-electron chi connectivity index (χ1n) is 9.39. The third-order valence-corrected chi connectivity index (χ3v) is 4.68. The molecule has 2 aromatic carbocycles. The number of halogens is 2. The highest BCUT2D eigenvalue weighted by Gasteiger charge is 2.12. The molecule has 1 heterocycles. The van der Waals surface area contributed by atoms with E-state index < -0.39 is 11.6 Å². The van der Waals surface area contributed by atoms with Crippen LogP contribution < -0.4 is 0 Å². The Bertz CT molecular complexity index is 887. The van der Waals surface area contributed by atoms with Crippen molar-refractivity contribution >= 4 is 0 Å². The lowest BCUT2D eigenvalue weighted by atomic mass is 10.1. The van der Waals surface area contributed by atoms with Crippen molar-refractivity contribution in [3.8, 4) is 0 Å². The molecule has 0 spiro atoms. The van der Waals surface area contributed by atoms with Gasteiger partial charge in [0.15, 0.2) is 0 Å². The van der Waals surface area contributed by atoms with Crippen molar-refractivity contribution in [1.82, 2.24) is 9.47 Å².